The minimum Gasteiger partial charge on any atom is -0.493 e. The minimum atomic E-state index is -3.53. The van der Waals surface area contributed by atoms with E-state index < -0.39 is 15.9 Å². The molecule has 1 aliphatic rings. The second-order valence-electron chi connectivity index (χ2n) is 6.51. The fourth-order valence-electron chi connectivity index (χ4n) is 3.17. The summed E-state index contributed by atoms with van der Waals surface area (Å²) in [4.78, 5) is 13.5. The average Bonchev–Trinajstić information content (AvgIpc) is 3.38. The monoisotopic (exact) mass is 440 g/mol. The van der Waals surface area contributed by atoms with Crippen LogP contribution in [-0.2, 0) is 10.0 Å². The summed E-state index contributed by atoms with van der Waals surface area (Å²) >= 11 is 1.15. The number of benzene rings is 1. The van der Waals surface area contributed by atoms with E-state index >= 15 is 0 Å². The highest BCUT2D eigenvalue weighted by Crippen LogP contribution is 2.39. The van der Waals surface area contributed by atoms with E-state index in [1.807, 2.05) is 0 Å². The summed E-state index contributed by atoms with van der Waals surface area (Å²) in [6, 6.07) is 4.60. The summed E-state index contributed by atoms with van der Waals surface area (Å²) in [5.41, 5.74) is 0.764. The van der Waals surface area contributed by atoms with Crippen molar-refractivity contribution in [1.82, 2.24) is 4.31 Å². The highest BCUT2D eigenvalue weighted by molar-refractivity contribution is 7.91. The van der Waals surface area contributed by atoms with Crippen LogP contribution in [0.5, 0.6) is 17.2 Å². The summed E-state index contributed by atoms with van der Waals surface area (Å²) in [6.07, 6.45) is 1.74. The molecule has 2 heterocycles. The highest BCUT2D eigenvalue weighted by atomic mass is 32.2. The maximum atomic E-state index is 12.8. The van der Waals surface area contributed by atoms with E-state index in [1.54, 1.807) is 19.1 Å². The highest BCUT2D eigenvalue weighted by Gasteiger charge is 2.29. The number of nitrogens with one attached hydrogen (secondary N) is 1. The zero-order chi connectivity index (χ0) is 21.2. The Bertz CT molecular complexity index is 985. The Balaban J connectivity index is 1.87. The summed E-state index contributed by atoms with van der Waals surface area (Å²) in [5.74, 6) is 0.695. The lowest BCUT2D eigenvalue weighted by Gasteiger charge is -2.14. The van der Waals surface area contributed by atoms with Crippen LogP contribution in [0.15, 0.2) is 22.4 Å². The van der Waals surface area contributed by atoms with Crippen molar-refractivity contribution in [2.45, 2.75) is 24.0 Å². The van der Waals surface area contributed by atoms with E-state index in [9.17, 15) is 13.2 Å². The Kier molecular flexibility index (Phi) is 6.35. The van der Waals surface area contributed by atoms with Gasteiger partial charge in [0.1, 0.15) is 4.21 Å². The molecule has 1 aromatic carbocycles. The molecule has 8 nitrogen and oxygen atoms in total. The number of carbonyl (C=O) groups excluding carboxylic acids is 1. The van der Waals surface area contributed by atoms with Gasteiger partial charge in [-0.2, -0.15) is 4.31 Å². The third-order valence-corrected chi connectivity index (χ3v) is 8.13. The van der Waals surface area contributed by atoms with Gasteiger partial charge >= 0.3 is 0 Å². The summed E-state index contributed by atoms with van der Waals surface area (Å²) in [7, 11) is 0.896. The average molecular weight is 441 g/mol. The largest absolute Gasteiger partial charge is 0.493 e. The van der Waals surface area contributed by atoms with Gasteiger partial charge in [0.05, 0.1) is 27.0 Å². The molecular weight excluding hydrogens is 416 g/mol. The zero-order valence-electron chi connectivity index (χ0n) is 16.8. The number of sulfonamides is 1. The van der Waals surface area contributed by atoms with E-state index in [1.165, 1.54) is 31.7 Å². The van der Waals surface area contributed by atoms with Crippen molar-refractivity contribution >= 4 is 33.0 Å². The Morgan fingerprint density at radius 1 is 1.03 bits per heavy atom. The number of anilines is 1. The van der Waals surface area contributed by atoms with Crippen molar-refractivity contribution in [3.8, 4) is 17.2 Å². The van der Waals surface area contributed by atoms with Gasteiger partial charge in [0.25, 0.3) is 15.9 Å². The number of amides is 1. The fourth-order valence-corrected chi connectivity index (χ4v) is 6.24. The maximum Gasteiger partial charge on any atom is 0.255 e. The van der Waals surface area contributed by atoms with Crippen molar-refractivity contribution in [2.75, 3.05) is 39.7 Å². The standard InChI is InChI=1S/C19H24N2O6S2/c1-12-14(11-17(28-12)29(23,24)21-7-5-6-8-21)20-19(22)13-9-15(25-2)18(27-4)16(10-13)26-3/h9-11H,5-8H2,1-4H3,(H,20,22). The molecule has 0 aliphatic carbocycles. The topological polar surface area (TPSA) is 94.2 Å². The van der Waals surface area contributed by atoms with Crippen LogP contribution in [0.4, 0.5) is 5.69 Å². The third kappa shape index (κ3) is 4.19. The number of nitrogens with zero attached hydrogens (tertiary/aromatic N) is 1. The SMILES string of the molecule is COc1cc(C(=O)Nc2cc(S(=O)(=O)N3CCCC3)sc2C)cc(OC)c1OC. The molecular formula is C19H24N2O6S2. The molecule has 1 aromatic heterocycles. The zero-order valence-corrected chi connectivity index (χ0v) is 18.4. The predicted molar refractivity (Wildman–Crippen MR) is 111 cm³/mol. The molecule has 0 saturated carbocycles. The van der Waals surface area contributed by atoms with Crippen molar-refractivity contribution in [3.63, 3.8) is 0 Å². The molecule has 1 aliphatic heterocycles. The summed E-state index contributed by atoms with van der Waals surface area (Å²) < 4.78 is 43.1. The molecule has 0 atom stereocenters. The molecule has 1 fully saturated rings. The van der Waals surface area contributed by atoms with Crippen LogP contribution in [0, 0.1) is 6.92 Å². The van der Waals surface area contributed by atoms with E-state index in [0.717, 1.165) is 24.2 Å². The molecule has 1 amide bonds. The lowest BCUT2D eigenvalue weighted by molar-refractivity contribution is 0.102. The number of ether oxygens (including phenoxy) is 3. The first-order valence-corrected chi connectivity index (χ1v) is 11.3. The molecule has 3 rings (SSSR count). The van der Waals surface area contributed by atoms with Gasteiger partial charge in [-0.1, -0.05) is 0 Å². The van der Waals surface area contributed by atoms with Gasteiger partial charge in [0.15, 0.2) is 11.5 Å². The van der Waals surface area contributed by atoms with Gasteiger partial charge in [-0.25, -0.2) is 8.42 Å². The van der Waals surface area contributed by atoms with Crippen LogP contribution in [0.2, 0.25) is 0 Å². The van der Waals surface area contributed by atoms with E-state index in [4.69, 9.17) is 14.2 Å². The van der Waals surface area contributed by atoms with Crippen LogP contribution >= 0.6 is 11.3 Å². The Labute approximate surface area is 174 Å². The molecule has 0 radical (unpaired) electrons. The molecule has 29 heavy (non-hydrogen) atoms. The number of rotatable bonds is 7. The van der Waals surface area contributed by atoms with Gasteiger partial charge < -0.3 is 19.5 Å². The maximum absolute atomic E-state index is 12.8. The van der Waals surface area contributed by atoms with Gasteiger partial charge in [-0.3, -0.25) is 4.79 Å². The molecule has 158 valence electrons. The number of hydrogen-bond donors (Lipinski definition) is 1. The number of methoxy groups -OCH3 is 3. The molecule has 10 heteroatoms. The first-order chi connectivity index (χ1) is 13.8. The molecule has 0 bridgehead atoms. The quantitative estimate of drug-likeness (QED) is 0.711. The Morgan fingerprint density at radius 2 is 1.62 bits per heavy atom. The van der Waals surface area contributed by atoms with Crippen LogP contribution in [0.1, 0.15) is 28.1 Å². The number of carbonyl (C=O) groups is 1. The lowest BCUT2D eigenvalue weighted by atomic mass is 10.1. The molecule has 1 N–H and O–H groups in total. The van der Waals surface area contributed by atoms with Crippen molar-refractivity contribution in [2.24, 2.45) is 0 Å². The smallest absolute Gasteiger partial charge is 0.255 e. The second-order valence-corrected chi connectivity index (χ2v) is 9.94. The number of aryl methyl sites for hydroxylation is 1. The number of thiophene rings is 1. The fraction of sp³-hybridized carbons (Fsp3) is 0.421. The second kappa shape index (κ2) is 8.60. The van der Waals surface area contributed by atoms with Gasteiger partial charge in [0, 0.05) is 23.5 Å². The summed E-state index contributed by atoms with van der Waals surface area (Å²) in [6.45, 7) is 2.84. The number of hydrogen-bond acceptors (Lipinski definition) is 7. The van der Waals surface area contributed by atoms with Gasteiger partial charge in [-0.15, -0.1) is 11.3 Å². The van der Waals surface area contributed by atoms with Crippen molar-refractivity contribution in [3.05, 3.63) is 28.6 Å². The van der Waals surface area contributed by atoms with Gasteiger partial charge in [0.2, 0.25) is 5.75 Å². The van der Waals surface area contributed by atoms with Crippen LogP contribution in [0.3, 0.4) is 0 Å². The Hall–Kier alpha value is -2.30. The van der Waals surface area contributed by atoms with E-state index in [2.05, 4.69) is 5.32 Å². The minimum absolute atomic E-state index is 0.233. The summed E-state index contributed by atoms with van der Waals surface area (Å²) in [5, 5.41) is 2.79. The van der Waals surface area contributed by atoms with Gasteiger partial charge in [-0.05, 0) is 38.0 Å². The normalized spacial score (nSPS) is 14.6. The molecule has 0 unspecified atom stereocenters. The molecule has 2 aromatic rings. The van der Waals surface area contributed by atoms with Crippen LogP contribution in [0.25, 0.3) is 0 Å². The van der Waals surface area contributed by atoms with Crippen molar-refractivity contribution in [1.29, 1.82) is 0 Å². The molecule has 0 spiro atoms. The first-order valence-electron chi connectivity index (χ1n) is 9.03. The molecule has 1 saturated heterocycles. The lowest BCUT2D eigenvalue weighted by Crippen LogP contribution is -2.27. The predicted octanol–water partition coefficient (Wildman–Crippen LogP) is 3.12. The van der Waals surface area contributed by atoms with E-state index in [-0.39, 0.29) is 4.21 Å². The third-order valence-electron chi connectivity index (χ3n) is 4.73. The first kappa shape index (κ1) is 21.4. The van der Waals surface area contributed by atoms with Crippen LogP contribution in [-0.4, -0.2) is 53.0 Å². The van der Waals surface area contributed by atoms with E-state index in [0.29, 0.717) is 46.5 Å². The van der Waals surface area contributed by atoms with Crippen molar-refractivity contribution < 1.29 is 27.4 Å². The Morgan fingerprint density at radius 3 is 2.14 bits per heavy atom. The van der Waals surface area contributed by atoms with Crippen LogP contribution < -0.4 is 19.5 Å².